The Kier molecular flexibility index (Phi) is 7.55. The minimum Gasteiger partial charge on any atom is -0.370 e. The van der Waals surface area contributed by atoms with E-state index in [1.807, 2.05) is 6.92 Å². The van der Waals surface area contributed by atoms with E-state index in [9.17, 15) is 23.2 Å². The summed E-state index contributed by atoms with van der Waals surface area (Å²) in [7, 11) is 0. The number of anilines is 2. The van der Waals surface area contributed by atoms with E-state index in [0.29, 0.717) is 31.3 Å². The van der Waals surface area contributed by atoms with Gasteiger partial charge in [0.05, 0.1) is 6.61 Å². The number of hydrogen-bond donors (Lipinski definition) is 2. The highest BCUT2D eigenvalue weighted by Gasteiger charge is 2.34. The fourth-order valence-corrected chi connectivity index (χ4v) is 3.90. The van der Waals surface area contributed by atoms with Crippen LogP contribution in [-0.4, -0.2) is 61.5 Å². The Balaban J connectivity index is 1.80. The lowest BCUT2D eigenvalue weighted by molar-refractivity contribution is -0.133. The van der Waals surface area contributed by atoms with Gasteiger partial charge in [0, 0.05) is 30.0 Å². The van der Waals surface area contributed by atoms with Gasteiger partial charge in [-0.2, -0.15) is 0 Å². The fraction of sp³-hybridized carbons (Fsp3) is 0.571. The van der Waals surface area contributed by atoms with Crippen LogP contribution in [0.3, 0.4) is 0 Å². The Morgan fingerprint density at radius 3 is 2.65 bits per heavy atom. The lowest BCUT2D eigenvalue weighted by Crippen LogP contribution is -2.53. The van der Waals surface area contributed by atoms with E-state index in [0.717, 1.165) is 19.3 Å². The number of ether oxygens (including phenoxy) is 1. The van der Waals surface area contributed by atoms with Crippen LogP contribution in [0.15, 0.2) is 18.2 Å². The fourth-order valence-electron chi connectivity index (χ4n) is 3.90. The van der Waals surface area contributed by atoms with Crippen LogP contribution >= 0.6 is 0 Å². The molecule has 1 heterocycles. The number of alkyl halides is 2. The Bertz CT molecular complexity index is 832. The number of morpholine rings is 1. The van der Waals surface area contributed by atoms with Gasteiger partial charge >= 0.3 is 0 Å². The van der Waals surface area contributed by atoms with Crippen molar-refractivity contribution in [3.05, 3.63) is 23.8 Å². The van der Waals surface area contributed by atoms with Crippen LogP contribution in [0.4, 0.5) is 20.2 Å². The number of likely N-dealkylation sites (N-methyl/N-ethyl adjacent to an activating group) is 1. The second-order valence-corrected chi connectivity index (χ2v) is 7.85. The number of nitrogens with two attached hydrogens (primary N) is 1. The van der Waals surface area contributed by atoms with Crippen molar-refractivity contribution in [3.63, 3.8) is 0 Å². The molecule has 170 valence electrons. The van der Waals surface area contributed by atoms with Crippen molar-refractivity contribution in [2.24, 2.45) is 11.7 Å². The van der Waals surface area contributed by atoms with Crippen molar-refractivity contribution in [2.75, 3.05) is 43.1 Å². The molecule has 1 saturated carbocycles. The summed E-state index contributed by atoms with van der Waals surface area (Å²) in [6, 6.07) is 2.72. The van der Waals surface area contributed by atoms with Crippen LogP contribution in [0.5, 0.6) is 0 Å². The molecule has 0 unspecified atom stereocenters. The molecular formula is C21H28F2N4O4. The molecule has 3 amide bonds. The summed E-state index contributed by atoms with van der Waals surface area (Å²) in [4.78, 5) is 40.0. The summed E-state index contributed by atoms with van der Waals surface area (Å²) in [6.45, 7) is 3.25. The molecule has 2 aliphatic rings. The van der Waals surface area contributed by atoms with Gasteiger partial charge in [-0.05, 0) is 43.5 Å². The molecule has 3 rings (SSSR count). The largest absolute Gasteiger partial charge is 0.370 e. The highest BCUT2D eigenvalue weighted by atomic mass is 19.3. The lowest BCUT2D eigenvalue weighted by Gasteiger charge is -2.34. The average molecular weight is 438 g/mol. The molecule has 0 bridgehead atoms. The number of amides is 3. The highest BCUT2D eigenvalue weighted by molar-refractivity contribution is 6.10. The molecule has 1 aliphatic carbocycles. The second-order valence-electron chi connectivity index (χ2n) is 7.85. The van der Waals surface area contributed by atoms with Crippen LogP contribution in [0.2, 0.25) is 0 Å². The maximum Gasteiger partial charge on any atom is 0.265 e. The van der Waals surface area contributed by atoms with Gasteiger partial charge in [-0.15, -0.1) is 0 Å². The van der Waals surface area contributed by atoms with Gasteiger partial charge in [-0.3, -0.25) is 19.3 Å². The van der Waals surface area contributed by atoms with E-state index in [1.54, 1.807) is 4.90 Å². The normalized spacial score (nSPS) is 18.2. The standard InChI is InChI=1S/C21H28F2N4O4/c1-2-26(11-13-4-3-5-13)18(20(24)29)21(30)25-16-7-6-14(10-15(16)19(22)23)27-8-9-31-12-17(27)28/h6-7,10,13,18-19H,2-5,8-9,11-12H2,1H3,(H2,24,29)(H,25,30)/t18-/m1/s1. The Morgan fingerprint density at radius 2 is 2.10 bits per heavy atom. The summed E-state index contributed by atoms with van der Waals surface area (Å²) in [5, 5.41) is 2.45. The van der Waals surface area contributed by atoms with Crippen LogP contribution < -0.4 is 16.0 Å². The predicted molar refractivity (Wildman–Crippen MR) is 111 cm³/mol. The molecule has 1 atom stereocenters. The Hall–Kier alpha value is -2.59. The summed E-state index contributed by atoms with van der Waals surface area (Å²) in [5.41, 5.74) is 5.24. The van der Waals surface area contributed by atoms with Crippen molar-refractivity contribution in [1.82, 2.24) is 4.90 Å². The zero-order chi connectivity index (χ0) is 22.5. The van der Waals surface area contributed by atoms with Gasteiger partial charge in [-0.1, -0.05) is 13.3 Å². The molecule has 1 aliphatic heterocycles. The molecule has 2 fully saturated rings. The maximum atomic E-state index is 13.8. The first-order valence-electron chi connectivity index (χ1n) is 10.5. The first-order chi connectivity index (χ1) is 14.8. The van der Waals surface area contributed by atoms with Gasteiger partial charge in [0.25, 0.3) is 18.2 Å². The average Bonchev–Trinajstić information content (AvgIpc) is 2.69. The van der Waals surface area contributed by atoms with E-state index < -0.39 is 29.8 Å². The van der Waals surface area contributed by atoms with Gasteiger partial charge in [0.2, 0.25) is 5.91 Å². The first-order valence-corrected chi connectivity index (χ1v) is 10.5. The zero-order valence-corrected chi connectivity index (χ0v) is 17.5. The second kappa shape index (κ2) is 10.1. The van der Waals surface area contributed by atoms with Crippen molar-refractivity contribution in [2.45, 2.75) is 38.7 Å². The van der Waals surface area contributed by atoms with Gasteiger partial charge in [0.15, 0.2) is 6.04 Å². The molecule has 0 radical (unpaired) electrons. The van der Waals surface area contributed by atoms with E-state index in [4.69, 9.17) is 10.5 Å². The number of rotatable bonds is 9. The monoisotopic (exact) mass is 438 g/mol. The number of carbonyl (C=O) groups excluding carboxylic acids is 3. The molecule has 10 heteroatoms. The number of hydrogen-bond acceptors (Lipinski definition) is 5. The molecule has 0 spiro atoms. The number of halogens is 2. The van der Waals surface area contributed by atoms with Crippen molar-refractivity contribution >= 4 is 29.1 Å². The Morgan fingerprint density at radius 1 is 1.35 bits per heavy atom. The lowest BCUT2D eigenvalue weighted by atomic mass is 9.85. The molecule has 1 saturated heterocycles. The third-order valence-corrected chi connectivity index (χ3v) is 5.83. The summed E-state index contributed by atoms with van der Waals surface area (Å²) < 4.78 is 32.6. The SMILES string of the molecule is CCN(CC1CCC1)[C@H](C(N)=O)C(=O)Nc1ccc(N2CCOCC2=O)cc1C(F)F. The van der Waals surface area contributed by atoms with Crippen LogP contribution in [-0.2, 0) is 19.1 Å². The van der Waals surface area contributed by atoms with Crippen LogP contribution in [0.25, 0.3) is 0 Å². The number of primary amides is 1. The van der Waals surface area contributed by atoms with Gasteiger partial charge in [0.1, 0.15) is 6.61 Å². The topological polar surface area (TPSA) is 105 Å². The number of nitrogens with one attached hydrogen (secondary N) is 1. The smallest absolute Gasteiger partial charge is 0.265 e. The molecule has 0 aromatic heterocycles. The van der Waals surface area contributed by atoms with E-state index in [2.05, 4.69) is 5.32 Å². The van der Waals surface area contributed by atoms with Crippen molar-refractivity contribution in [1.29, 1.82) is 0 Å². The third kappa shape index (κ3) is 5.37. The minimum atomic E-state index is -2.89. The van der Waals surface area contributed by atoms with Crippen molar-refractivity contribution < 1.29 is 27.9 Å². The first kappa shape index (κ1) is 23.1. The summed E-state index contributed by atoms with van der Waals surface area (Å²) >= 11 is 0. The Labute approximate surface area is 179 Å². The number of carbonyl (C=O) groups is 3. The zero-order valence-electron chi connectivity index (χ0n) is 17.5. The van der Waals surface area contributed by atoms with Gasteiger partial charge < -0.3 is 20.7 Å². The van der Waals surface area contributed by atoms with Crippen LogP contribution in [0, 0.1) is 5.92 Å². The third-order valence-electron chi connectivity index (χ3n) is 5.83. The molecule has 1 aromatic carbocycles. The predicted octanol–water partition coefficient (Wildman–Crippen LogP) is 1.90. The van der Waals surface area contributed by atoms with E-state index in [-0.39, 0.29) is 24.7 Å². The summed E-state index contributed by atoms with van der Waals surface area (Å²) in [5.74, 6) is -1.50. The maximum absolute atomic E-state index is 13.8. The van der Waals surface area contributed by atoms with E-state index >= 15 is 0 Å². The van der Waals surface area contributed by atoms with Crippen molar-refractivity contribution in [3.8, 4) is 0 Å². The quantitative estimate of drug-likeness (QED) is 0.573. The molecule has 31 heavy (non-hydrogen) atoms. The number of nitrogens with zero attached hydrogens (tertiary/aromatic N) is 2. The minimum absolute atomic E-state index is 0.114. The van der Waals surface area contributed by atoms with E-state index in [1.165, 1.54) is 23.1 Å². The summed E-state index contributed by atoms with van der Waals surface area (Å²) in [6.07, 6.45) is 0.281. The molecular weight excluding hydrogens is 410 g/mol. The van der Waals surface area contributed by atoms with Gasteiger partial charge in [-0.25, -0.2) is 8.78 Å². The highest BCUT2D eigenvalue weighted by Crippen LogP contribution is 2.32. The molecule has 8 nitrogen and oxygen atoms in total. The number of benzene rings is 1. The molecule has 3 N–H and O–H groups in total. The molecule has 1 aromatic rings. The van der Waals surface area contributed by atoms with Crippen LogP contribution in [0.1, 0.15) is 38.2 Å².